The smallest absolute Gasteiger partial charge is 0.330 e. The summed E-state index contributed by atoms with van der Waals surface area (Å²) >= 11 is 8.11. The highest BCUT2D eigenvalue weighted by atomic mass is 33.4. The molecule has 0 spiro atoms. The Morgan fingerprint density at radius 3 is 2.55 bits per heavy atom. The molecular formula is C18H32N2O6PS3Si. The van der Waals surface area contributed by atoms with Crippen LogP contribution in [0.1, 0.15) is 32.6 Å². The number of hydrogen-bond donors (Lipinski definition) is 3. The molecule has 2 saturated heterocycles. The van der Waals surface area contributed by atoms with Crippen molar-refractivity contribution in [2.75, 3.05) is 18.1 Å². The van der Waals surface area contributed by atoms with Crippen molar-refractivity contribution in [2.45, 2.75) is 70.4 Å². The van der Waals surface area contributed by atoms with Crippen LogP contribution in [-0.4, -0.2) is 59.4 Å². The number of H-pyrrole nitrogens is 1. The summed E-state index contributed by atoms with van der Waals surface area (Å²) in [5.41, 5.74) is -0.739. The first-order valence-corrected chi connectivity index (χ1v) is 19.1. The molecule has 0 unspecified atom stereocenters. The molecule has 0 saturated carbocycles. The monoisotopic (exact) mass is 527 g/mol. The van der Waals surface area contributed by atoms with Gasteiger partial charge in [0.05, 0.1) is 6.61 Å². The molecular weight excluding hydrogens is 495 g/mol. The summed E-state index contributed by atoms with van der Waals surface area (Å²) < 4.78 is 20.1. The second-order valence-corrected chi connectivity index (χ2v) is 25.2. The van der Waals surface area contributed by atoms with Gasteiger partial charge in [-0.05, 0) is 25.1 Å². The number of nitrogens with zero attached hydrogens (tertiary/aromatic N) is 1. The summed E-state index contributed by atoms with van der Waals surface area (Å²) in [5, 5.41) is 9.07. The first kappa shape index (κ1) is 25.8. The fourth-order valence-electron chi connectivity index (χ4n) is 3.05. The Kier molecular flexibility index (Phi) is 7.88. The molecule has 1 aromatic rings. The minimum Gasteiger partial charge on any atom is -0.414 e. The van der Waals surface area contributed by atoms with E-state index in [2.05, 4.69) is 38.8 Å². The highest BCUT2D eigenvalue weighted by Gasteiger charge is 2.50. The zero-order chi connectivity index (χ0) is 23.2. The lowest BCUT2D eigenvalue weighted by atomic mass is 10.1. The molecule has 1 radical (unpaired) electrons. The molecule has 0 bridgehead atoms. The topological polar surface area (TPSA) is 103 Å². The van der Waals surface area contributed by atoms with Gasteiger partial charge >= 0.3 is 5.69 Å². The van der Waals surface area contributed by atoms with Gasteiger partial charge in [-0.25, -0.2) is 4.79 Å². The standard InChI is InChI=1S/C18H32N2O6PS3Si/c1-11-9-20(17(23)19-15(11)22)16-13(21)14(26-27(28)29-7-8-30-27)12(25-16)10-24-31(5,6)18(2,3)4/h9,12-14,16,21,28H,7-8,10H2,1-6H3,(H,19,22,23)/t12-,13-,14-,16-/m1/s1. The maximum Gasteiger partial charge on any atom is 0.330 e. The first-order valence-electron chi connectivity index (χ1n) is 10.1. The molecule has 2 N–H and O–H groups in total. The molecule has 3 heterocycles. The van der Waals surface area contributed by atoms with Gasteiger partial charge < -0.3 is 18.8 Å². The van der Waals surface area contributed by atoms with Crippen molar-refractivity contribution < 1.29 is 18.8 Å². The largest absolute Gasteiger partial charge is 0.414 e. The first-order chi connectivity index (χ1) is 14.2. The SMILES string of the molecule is Cc1cn([C@@H]2O[C@H](CO[Si](C)(C)C(C)(C)C)[C@@H](O[P]3(S)SCCS3)[C@H]2O)c(=O)[nH]c1=O. The van der Waals surface area contributed by atoms with Crippen LogP contribution >= 0.6 is 40.1 Å². The van der Waals surface area contributed by atoms with E-state index in [1.54, 1.807) is 29.7 Å². The molecule has 3 rings (SSSR count). The Balaban J connectivity index is 1.88. The molecule has 177 valence electrons. The van der Waals surface area contributed by atoms with Gasteiger partial charge in [-0.15, -0.1) is 12.2 Å². The Bertz CT molecular complexity index is 915. The lowest BCUT2D eigenvalue weighted by molar-refractivity contribution is -0.0526. The van der Waals surface area contributed by atoms with Crippen molar-refractivity contribution in [1.29, 1.82) is 0 Å². The minimum absolute atomic E-state index is 0.0157. The number of nitrogens with one attached hydrogen (secondary N) is 1. The molecule has 2 aliphatic rings. The summed E-state index contributed by atoms with van der Waals surface area (Å²) in [6, 6.07) is 0. The molecule has 2 aliphatic heterocycles. The van der Waals surface area contributed by atoms with Crippen LogP contribution in [0.25, 0.3) is 0 Å². The highest BCUT2D eigenvalue weighted by molar-refractivity contribution is 9.15. The summed E-state index contributed by atoms with van der Waals surface area (Å²) in [7, 11) is -2.07. The van der Waals surface area contributed by atoms with Gasteiger partial charge in [-0.3, -0.25) is 14.3 Å². The average Bonchev–Trinajstić information content (AvgIpc) is 3.21. The molecule has 31 heavy (non-hydrogen) atoms. The van der Waals surface area contributed by atoms with E-state index < -0.39 is 49.2 Å². The van der Waals surface area contributed by atoms with Crippen LogP contribution in [0.5, 0.6) is 0 Å². The number of aromatic nitrogens is 2. The van der Waals surface area contributed by atoms with Crippen molar-refractivity contribution >= 4 is 48.4 Å². The predicted molar refractivity (Wildman–Crippen MR) is 135 cm³/mol. The Morgan fingerprint density at radius 1 is 1.35 bits per heavy atom. The fourth-order valence-corrected chi connectivity index (χ4v) is 13.6. The normalized spacial score (nSPS) is 28.9. The van der Waals surface area contributed by atoms with E-state index in [0.29, 0.717) is 5.56 Å². The maximum absolute atomic E-state index is 12.4. The summed E-state index contributed by atoms with van der Waals surface area (Å²) in [4.78, 5) is 26.5. The van der Waals surface area contributed by atoms with Crippen LogP contribution in [0, 0.1) is 6.92 Å². The number of rotatable bonds is 6. The summed E-state index contributed by atoms with van der Waals surface area (Å²) in [5.74, 6) is 1.89. The zero-order valence-electron chi connectivity index (χ0n) is 18.7. The number of aliphatic hydroxyl groups excluding tert-OH is 1. The lowest BCUT2D eigenvalue weighted by Gasteiger charge is -2.37. The van der Waals surface area contributed by atoms with E-state index in [1.807, 2.05) is 0 Å². The van der Waals surface area contributed by atoms with Crippen LogP contribution in [-0.2, 0) is 13.7 Å². The molecule has 8 nitrogen and oxygen atoms in total. The minimum atomic E-state index is -2.09. The number of aromatic amines is 1. The number of hydrogen-bond acceptors (Lipinski definition) is 9. The molecule has 2 fully saturated rings. The van der Waals surface area contributed by atoms with E-state index in [9.17, 15) is 14.7 Å². The van der Waals surface area contributed by atoms with E-state index in [0.717, 1.165) is 11.5 Å². The summed E-state index contributed by atoms with van der Waals surface area (Å²) in [6.07, 6.45) is -1.95. The van der Waals surface area contributed by atoms with Gasteiger partial charge in [0.25, 0.3) is 5.56 Å². The Labute approximate surface area is 197 Å². The van der Waals surface area contributed by atoms with Crippen molar-refractivity contribution in [2.24, 2.45) is 0 Å². The van der Waals surface area contributed by atoms with Gasteiger partial charge in [0, 0.05) is 23.3 Å². The van der Waals surface area contributed by atoms with Gasteiger partial charge in [0.15, 0.2) is 14.5 Å². The van der Waals surface area contributed by atoms with Crippen molar-refractivity contribution in [3.63, 3.8) is 0 Å². The van der Waals surface area contributed by atoms with Gasteiger partial charge in [-0.2, -0.15) is 0 Å². The van der Waals surface area contributed by atoms with Crippen LogP contribution in [0.15, 0.2) is 15.8 Å². The number of aryl methyl sites for hydroxylation is 1. The van der Waals surface area contributed by atoms with Crippen LogP contribution in [0.4, 0.5) is 0 Å². The average molecular weight is 528 g/mol. The lowest BCUT2D eigenvalue weighted by Crippen LogP contribution is -2.45. The predicted octanol–water partition coefficient (Wildman–Crippen LogP) is 3.60. The summed E-state index contributed by atoms with van der Waals surface area (Å²) in [6.45, 7) is 12.6. The van der Waals surface area contributed by atoms with E-state index in [-0.39, 0.29) is 11.6 Å². The number of ether oxygens (including phenoxy) is 1. The van der Waals surface area contributed by atoms with Gasteiger partial charge in [0.2, 0.25) is 0 Å². The molecule has 0 aliphatic carbocycles. The quantitative estimate of drug-likeness (QED) is 0.293. The second kappa shape index (κ2) is 9.46. The zero-order valence-corrected chi connectivity index (χ0v) is 23.1. The third kappa shape index (κ3) is 5.66. The highest BCUT2D eigenvalue weighted by Crippen LogP contribution is 2.87. The number of aliphatic hydroxyl groups is 1. The Morgan fingerprint density at radius 2 is 1.97 bits per heavy atom. The second-order valence-electron chi connectivity index (χ2n) is 9.31. The van der Waals surface area contributed by atoms with E-state index in [1.165, 1.54) is 10.8 Å². The molecule has 0 amide bonds. The van der Waals surface area contributed by atoms with E-state index in [4.69, 9.17) is 25.9 Å². The van der Waals surface area contributed by atoms with Crippen molar-refractivity contribution in [3.05, 3.63) is 32.6 Å². The molecule has 0 aromatic carbocycles. The third-order valence-electron chi connectivity index (χ3n) is 5.99. The Hall–Kier alpha value is 0.217. The third-order valence-corrected chi connectivity index (χ3v) is 20.5. The van der Waals surface area contributed by atoms with Gasteiger partial charge in [-0.1, -0.05) is 43.5 Å². The molecule has 1 aromatic heterocycles. The molecule has 13 heteroatoms. The fraction of sp³-hybridized carbons (Fsp3) is 0.778. The maximum atomic E-state index is 12.4. The molecule has 4 atom stereocenters. The van der Waals surface area contributed by atoms with E-state index >= 15 is 0 Å². The number of thiol groups is 1. The van der Waals surface area contributed by atoms with Crippen LogP contribution in [0.3, 0.4) is 0 Å². The van der Waals surface area contributed by atoms with Crippen LogP contribution in [0.2, 0.25) is 18.1 Å². The van der Waals surface area contributed by atoms with Crippen molar-refractivity contribution in [1.82, 2.24) is 9.55 Å². The van der Waals surface area contributed by atoms with Crippen LogP contribution < -0.4 is 11.2 Å². The van der Waals surface area contributed by atoms with Crippen molar-refractivity contribution in [3.8, 4) is 0 Å². The van der Waals surface area contributed by atoms with Gasteiger partial charge in [0.1, 0.15) is 23.4 Å².